The molecule has 4 nitrogen and oxygen atoms in total. The molecule has 1 fully saturated rings. The third-order valence-electron chi connectivity index (χ3n) is 2.64. The SMILES string of the molecule is CC1CC(N)CN(c2ncncc2Cl)C1. The molecule has 0 spiro atoms. The summed E-state index contributed by atoms with van der Waals surface area (Å²) in [4.78, 5) is 10.2. The second kappa shape index (κ2) is 4.33. The molecular formula is C10H15ClN4. The van der Waals surface area contributed by atoms with Gasteiger partial charge in [0.2, 0.25) is 0 Å². The van der Waals surface area contributed by atoms with E-state index < -0.39 is 0 Å². The highest BCUT2D eigenvalue weighted by molar-refractivity contribution is 6.32. The molecule has 82 valence electrons. The minimum absolute atomic E-state index is 0.208. The second-order valence-corrected chi connectivity index (χ2v) is 4.61. The van der Waals surface area contributed by atoms with Gasteiger partial charge in [-0.15, -0.1) is 0 Å². The molecule has 0 aliphatic carbocycles. The molecule has 0 amide bonds. The Bertz CT molecular complexity index is 334. The predicted octanol–water partition coefficient (Wildman–Crippen LogP) is 1.30. The van der Waals surface area contributed by atoms with Crippen LogP contribution in [0, 0.1) is 5.92 Å². The number of nitrogens with two attached hydrogens (primary N) is 1. The lowest BCUT2D eigenvalue weighted by Crippen LogP contribution is -2.46. The standard InChI is InChI=1S/C10H15ClN4/c1-7-2-8(12)5-15(4-7)10-9(11)3-13-6-14-10/h3,6-8H,2,4-5,12H2,1H3. The topological polar surface area (TPSA) is 55.0 Å². The van der Waals surface area contributed by atoms with Gasteiger partial charge in [-0.2, -0.15) is 0 Å². The monoisotopic (exact) mass is 226 g/mol. The van der Waals surface area contributed by atoms with Gasteiger partial charge in [-0.3, -0.25) is 0 Å². The van der Waals surface area contributed by atoms with Gasteiger partial charge in [-0.05, 0) is 12.3 Å². The van der Waals surface area contributed by atoms with E-state index in [1.807, 2.05) is 0 Å². The molecule has 1 saturated heterocycles. The summed E-state index contributed by atoms with van der Waals surface area (Å²) in [6.45, 7) is 3.98. The van der Waals surface area contributed by atoms with Gasteiger partial charge in [0.15, 0.2) is 5.82 Å². The molecule has 2 N–H and O–H groups in total. The summed E-state index contributed by atoms with van der Waals surface area (Å²) in [6, 6.07) is 0.208. The molecule has 2 rings (SSSR count). The lowest BCUT2D eigenvalue weighted by molar-refractivity contribution is 0.400. The quantitative estimate of drug-likeness (QED) is 0.785. The van der Waals surface area contributed by atoms with Gasteiger partial charge in [-0.1, -0.05) is 18.5 Å². The fraction of sp³-hybridized carbons (Fsp3) is 0.600. The maximum Gasteiger partial charge on any atom is 0.150 e. The van der Waals surface area contributed by atoms with E-state index in [1.54, 1.807) is 6.20 Å². The summed E-state index contributed by atoms with van der Waals surface area (Å²) >= 11 is 6.05. The van der Waals surface area contributed by atoms with Crippen molar-refractivity contribution < 1.29 is 0 Å². The number of hydrogen-bond donors (Lipinski definition) is 1. The Balaban J connectivity index is 2.20. The minimum Gasteiger partial charge on any atom is -0.353 e. The average molecular weight is 227 g/mol. The van der Waals surface area contributed by atoms with Crippen molar-refractivity contribution in [3.8, 4) is 0 Å². The first-order valence-electron chi connectivity index (χ1n) is 5.13. The number of halogens is 1. The number of piperidine rings is 1. The van der Waals surface area contributed by atoms with Gasteiger partial charge in [0, 0.05) is 19.1 Å². The zero-order valence-electron chi connectivity index (χ0n) is 8.73. The number of anilines is 1. The van der Waals surface area contributed by atoms with E-state index in [9.17, 15) is 0 Å². The fourth-order valence-corrected chi connectivity index (χ4v) is 2.34. The van der Waals surface area contributed by atoms with Crippen LogP contribution in [0.5, 0.6) is 0 Å². The highest BCUT2D eigenvalue weighted by Crippen LogP contribution is 2.26. The smallest absolute Gasteiger partial charge is 0.150 e. The first kappa shape index (κ1) is 10.6. The highest BCUT2D eigenvalue weighted by Gasteiger charge is 2.24. The first-order chi connectivity index (χ1) is 7.16. The molecule has 1 aromatic heterocycles. The molecule has 1 aliphatic heterocycles. The van der Waals surface area contributed by atoms with Crippen LogP contribution >= 0.6 is 11.6 Å². The van der Waals surface area contributed by atoms with E-state index >= 15 is 0 Å². The van der Waals surface area contributed by atoms with Crippen LogP contribution < -0.4 is 10.6 Å². The van der Waals surface area contributed by atoms with Gasteiger partial charge in [0.1, 0.15) is 11.3 Å². The van der Waals surface area contributed by atoms with Gasteiger partial charge in [0.05, 0.1) is 6.20 Å². The van der Waals surface area contributed by atoms with Crippen LogP contribution in [0.15, 0.2) is 12.5 Å². The molecule has 0 radical (unpaired) electrons. The lowest BCUT2D eigenvalue weighted by atomic mass is 9.97. The zero-order valence-corrected chi connectivity index (χ0v) is 9.48. The Kier molecular flexibility index (Phi) is 3.07. The van der Waals surface area contributed by atoms with Crippen molar-refractivity contribution in [1.82, 2.24) is 9.97 Å². The van der Waals surface area contributed by atoms with E-state index in [4.69, 9.17) is 17.3 Å². The Hall–Kier alpha value is -0.870. The van der Waals surface area contributed by atoms with Crippen molar-refractivity contribution in [3.05, 3.63) is 17.5 Å². The van der Waals surface area contributed by atoms with Gasteiger partial charge in [-0.25, -0.2) is 9.97 Å². The summed E-state index contributed by atoms with van der Waals surface area (Å²) in [6.07, 6.45) is 4.21. The lowest BCUT2D eigenvalue weighted by Gasteiger charge is -2.35. The molecule has 2 atom stereocenters. The number of nitrogens with zero attached hydrogens (tertiary/aromatic N) is 3. The normalized spacial score (nSPS) is 26.7. The molecule has 2 unspecified atom stereocenters. The van der Waals surface area contributed by atoms with E-state index in [0.29, 0.717) is 10.9 Å². The molecule has 0 bridgehead atoms. The van der Waals surface area contributed by atoms with Crippen LogP contribution in [0.1, 0.15) is 13.3 Å². The number of rotatable bonds is 1. The Labute approximate surface area is 94.5 Å². The molecular weight excluding hydrogens is 212 g/mol. The molecule has 1 aromatic rings. The van der Waals surface area contributed by atoms with Crippen molar-refractivity contribution >= 4 is 17.4 Å². The van der Waals surface area contributed by atoms with E-state index in [1.165, 1.54) is 6.33 Å². The summed E-state index contributed by atoms with van der Waals surface area (Å²) in [5.41, 5.74) is 5.97. The van der Waals surface area contributed by atoms with Crippen LogP contribution in [-0.2, 0) is 0 Å². The summed E-state index contributed by atoms with van der Waals surface area (Å²) < 4.78 is 0. The third-order valence-corrected chi connectivity index (χ3v) is 2.91. The maximum atomic E-state index is 6.05. The largest absolute Gasteiger partial charge is 0.353 e. The summed E-state index contributed by atoms with van der Waals surface area (Å²) in [5, 5.41) is 0.596. The fourth-order valence-electron chi connectivity index (χ4n) is 2.11. The maximum absolute atomic E-state index is 6.05. The molecule has 0 aromatic carbocycles. The molecule has 0 saturated carbocycles. The summed E-state index contributed by atoms with van der Waals surface area (Å²) in [7, 11) is 0. The van der Waals surface area contributed by atoms with Gasteiger partial charge < -0.3 is 10.6 Å². The van der Waals surface area contributed by atoms with Crippen LogP contribution in [0.2, 0.25) is 5.02 Å². The van der Waals surface area contributed by atoms with Crippen molar-refractivity contribution in [2.24, 2.45) is 11.7 Å². The second-order valence-electron chi connectivity index (χ2n) is 4.20. The van der Waals surface area contributed by atoms with Gasteiger partial charge in [0.25, 0.3) is 0 Å². The van der Waals surface area contributed by atoms with Crippen molar-refractivity contribution in [2.45, 2.75) is 19.4 Å². The number of aromatic nitrogens is 2. The Morgan fingerprint density at radius 1 is 1.53 bits per heavy atom. The number of hydrogen-bond acceptors (Lipinski definition) is 4. The van der Waals surface area contributed by atoms with E-state index in [2.05, 4.69) is 21.8 Å². The van der Waals surface area contributed by atoms with Crippen LogP contribution in [0.4, 0.5) is 5.82 Å². The molecule has 2 heterocycles. The van der Waals surface area contributed by atoms with E-state index in [0.717, 1.165) is 25.3 Å². The Morgan fingerprint density at radius 2 is 2.33 bits per heavy atom. The predicted molar refractivity (Wildman–Crippen MR) is 61.0 cm³/mol. The van der Waals surface area contributed by atoms with Crippen LogP contribution in [0.25, 0.3) is 0 Å². The molecule has 15 heavy (non-hydrogen) atoms. The van der Waals surface area contributed by atoms with Crippen LogP contribution in [0.3, 0.4) is 0 Å². The highest BCUT2D eigenvalue weighted by atomic mass is 35.5. The van der Waals surface area contributed by atoms with Crippen molar-refractivity contribution in [2.75, 3.05) is 18.0 Å². The van der Waals surface area contributed by atoms with Gasteiger partial charge >= 0.3 is 0 Å². The van der Waals surface area contributed by atoms with Crippen molar-refractivity contribution in [3.63, 3.8) is 0 Å². The third kappa shape index (κ3) is 2.38. The van der Waals surface area contributed by atoms with E-state index in [-0.39, 0.29) is 6.04 Å². The zero-order chi connectivity index (χ0) is 10.8. The average Bonchev–Trinajstić information content (AvgIpc) is 2.16. The minimum atomic E-state index is 0.208. The Morgan fingerprint density at radius 3 is 3.00 bits per heavy atom. The summed E-state index contributed by atoms with van der Waals surface area (Å²) in [5.74, 6) is 1.38. The van der Waals surface area contributed by atoms with Crippen LogP contribution in [-0.4, -0.2) is 29.1 Å². The first-order valence-corrected chi connectivity index (χ1v) is 5.50. The molecule has 1 aliphatic rings. The van der Waals surface area contributed by atoms with Crippen molar-refractivity contribution in [1.29, 1.82) is 0 Å². The molecule has 5 heteroatoms.